The largest absolute Gasteiger partial charge is 0.478 e. The van der Waals surface area contributed by atoms with Crippen molar-refractivity contribution in [3.8, 4) is 0 Å². The van der Waals surface area contributed by atoms with Crippen molar-refractivity contribution in [1.82, 2.24) is 15.1 Å². The van der Waals surface area contributed by atoms with E-state index in [2.05, 4.69) is 23.0 Å². The molecule has 0 aliphatic rings. The first kappa shape index (κ1) is 11.6. The minimum Gasteiger partial charge on any atom is -0.478 e. The van der Waals surface area contributed by atoms with Gasteiger partial charge in [0.15, 0.2) is 5.69 Å². The van der Waals surface area contributed by atoms with Crippen LogP contribution >= 0.6 is 12.6 Å². The molecule has 1 amide bonds. The number of nitrogens with one attached hydrogen (secondary N) is 1. The lowest BCUT2D eigenvalue weighted by molar-refractivity contribution is 0.0691. The van der Waals surface area contributed by atoms with Gasteiger partial charge in [-0.05, 0) is 0 Å². The van der Waals surface area contributed by atoms with E-state index in [-0.39, 0.29) is 11.3 Å². The summed E-state index contributed by atoms with van der Waals surface area (Å²) >= 11 is 3.92. The summed E-state index contributed by atoms with van der Waals surface area (Å²) in [5, 5.41) is 15.1. The molecule has 1 aromatic rings. The Hall–Kier alpha value is -1.50. The molecule has 0 aliphatic heterocycles. The molecule has 0 aliphatic carbocycles. The highest BCUT2D eigenvalue weighted by Gasteiger charge is 2.20. The van der Waals surface area contributed by atoms with E-state index in [4.69, 9.17) is 5.11 Å². The SMILES string of the molecule is Cn1cc(C(=O)O)c(C(=O)NCCS)n1. The number of aromatic carboxylic acids is 1. The van der Waals surface area contributed by atoms with Crippen LogP contribution in [0.4, 0.5) is 0 Å². The normalized spacial score (nSPS) is 10.0. The summed E-state index contributed by atoms with van der Waals surface area (Å²) in [6.07, 6.45) is 1.29. The van der Waals surface area contributed by atoms with Crippen molar-refractivity contribution < 1.29 is 14.7 Å². The number of carboxylic acids is 1. The van der Waals surface area contributed by atoms with Gasteiger partial charge in [-0.3, -0.25) is 9.48 Å². The van der Waals surface area contributed by atoms with Gasteiger partial charge >= 0.3 is 5.97 Å². The Balaban J connectivity index is 2.92. The second-order valence-electron chi connectivity index (χ2n) is 2.85. The number of nitrogens with zero attached hydrogens (tertiary/aromatic N) is 2. The maximum absolute atomic E-state index is 11.5. The van der Waals surface area contributed by atoms with E-state index < -0.39 is 11.9 Å². The first-order valence-corrected chi connectivity index (χ1v) is 4.85. The van der Waals surface area contributed by atoms with Crippen LogP contribution < -0.4 is 5.32 Å². The van der Waals surface area contributed by atoms with Gasteiger partial charge < -0.3 is 10.4 Å². The van der Waals surface area contributed by atoms with Gasteiger partial charge in [-0.1, -0.05) is 0 Å². The topological polar surface area (TPSA) is 84.2 Å². The standard InChI is InChI=1S/C8H11N3O3S/c1-11-4-5(8(13)14)6(10-11)7(12)9-2-3-15/h4,15H,2-3H2,1H3,(H,9,12)(H,13,14). The van der Waals surface area contributed by atoms with E-state index in [1.165, 1.54) is 10.9 Å². The number of amides is 1. The number of carbonyl (C=O) groups excluding carboxylic acids is 1. The highest BCUT2D eigenvalue weighted by atomic mass is 32.1. The van der Waals surface area contributed by atoms with Crippen LogP contribution in [0.1, 0.15) is 20.8 Å². The number of carbonyl (C=O) groups is 2. The molecule has 82 valence electrons. The zero-order valence-electron chi connectivity index (χ0n) is 8.10. The van der Waals surface area contributed by atoms with Crippen LogP contribution in [-0.2, 0) is 7.05 Å². The Morgan fingerprint density at radius 2 is 2.33 bits per heavy atom. The molecule has 6 nitrogen and oxygen atoms in total. The number of thiol groups is 1. The predicted octanol–water partition coefficient (Wildman–Crippen LogP) is -0.222. The van der Waals surface area contributed by atoms with Gasteiger partial charge in [-0.25, -0.2) is 4.79 Å². The molecule has 1 heterocycles. The van der Waals surface area contributed by atoms with E-state index >= 15 is 0 Å². The van der Waals surface area contributed by atoms with Crippen molar-refractivity contribution in [2.45, 2.75) is 0 Å². The predicted molar refractivity (Wildman–Crippen MR) is 56.4 cm³/mol. The molecule has 0 spiro atoms. The van der Waals surface area contributed by atoms with Crippen LogP contribution in [0.25, 0.3) is 0 Å². The number of rotatable bonds is 4. The maximum Gasteiger partial charge on any atom is 0.339 e. The summed E-state index contributed by atoms with van der Waals surface area (Å²) in [6, 6.07) is 0. The van der Waals surface area contributed by atoms with Crippen LogP contribution in [-0.4, -0.2) is 39.1 Å². The summed E-state index contributed by atoms with van der Waals surface area (Å²) in [7, 11) is 1.56. The number of carboxylic acid groups (broad SMARTS) is 1. The van der Waals surface area contributed by atoms with Crippen molar-refractivity contribution >= 4 is 24.5 Å². The van der Waals surface area contributed by atoms with Crippen LogP contribution in [0, 0.1) is 0 Å². The van der Waals surface area contributed by atoms with Crippen molar-refractivity contribution in [3.05, 3.63) is 17.5 Å². The fourth-order valence-corrected chi connectivity index (χ4v) is 1.18. The quantitative estimate of drug-likeness (QED) is 0.623. The molecule has 0 bridgehead atoms. The molecule has 15 heavy (non-hydrogen) atoms. The molecule has 0 saturated carbocycles. The minimum atomic E-state index is -1.17. The molecule has 0 radical (unpaired) electrons. The average molecular weight is 229 g/mol. The monoisotopic (exact) mass is 229 g/mol. The number of hydrogen-bond donors (Lipinski definition) is 3. The highest BCUT2D eigenvalue weighted by Crippen LogP contribution is 2.05. The molecule has 0 aromatic carbocycles. The Labute approximate surface area is 91.7 Å². The van der Waals surface area contributed by atoms with Crippen LogP contribution in [0.5, 0.6) is 0 Å². The highest BCUT2D eigenvalue weighted by molar-refractivity contribution is 7.80. The first-order chi connectivity index (χ1) is 7.06. The Morgan fingerprint density at radius 1 is 1.67 bits per heavy atom. The van der Waals surface area contributed by atoms with Gasteiger partial charge in [0.25, 0.3) is 5.91 Å². The van der Waals surface area contributed by atoms with Gasteiger partial charge in [0.2, 0.25) is 0 Å². The third-order valence-electron chi connectivity index (χ3n) is 1.67. The molecule has 0 saturated heterocycles. The molecule has 0 fully saturated rings. The molecule has 0 atom stereocenters. The zero-order valence-corrected chi connectivity index (χ0v) is 8.99. The second kappa shape index (κ2) is 4.83. The van der Waals surface area contributed by atoms with E-state index in [1.807, 2.05) is 0 Å². The van der Waals surface area contributed by atoms with Gasteiger partial charge in [-0.15, -0.1) is 0 Å². The molecule has 2 N–H and O–H groups in total. The minimum absolute atomic E-state index is 0.0771. The lowest BCUT2D eigenvalue weighted by atomic mass is 10.2. The molecule has 0 unspecified atom stereocenters. The molecular formula is C8H11N3O3S. The van der Waals surface area contributed by atoms with Crippen LogP contribution in [0.15, 0.2) is 6.20 Å². The molecule has 1 aromatic heterocycles. The van der Waals surface area contributed by atoms with Crippen LogP contribution in [0.3, 0.4) is 0 Å². The van der Waals surface area contributed by atoms with Crippen molar-refractivity contribution in [1.29, 1.82) is 0 Å². The van der Waals surface area contributed by atoms with E-state index in [9.17, 15) is 9.59 Å². The van der Waals surface area contributed by atoms with Gasteiger partial charge in [0, 0.05) is 25.5 Å². The summed E-state index contributed by atoms with van der Waals surface area (Å²) in [5.74, 6) is -1.18. The van der Waals surface area contributed by atoms with E-state index in [0.29, 0.717) is 12.3 Å². The van der Waals surface area contributed by atoms with Crippen molar-refractivity contribution in [2.24, 2.45) is 7.05 Å². The van der Waals surface area contributed by atoms with Crippen molar-refractivity contribution in [2.75, 3.05) is 12.3 Å². The number of hydrogen-bond acceptors (Lipinski definition) is 4. The second-order valence-corrected chi connectivity index (χ2v) is 3.30. The number of aromatic nitrogens is 2. The Kier molecular flexibility index (Phi) is 3.73. The third-order valence-corrected chi connectivity index (χ3v) is 1.90. The summed E-state index contributed by atoms with van der Waals surface area (Å²) in [5.41, 5.74) is -0.180. The average Bonchev–Trinajstić information content (AvgIpc) is 2.57. The maximum atomic E-state index is 11.5. The lowest BCUT2D eigenvalue weighted by Crippen LogP contribution is -2.27. The first-order valence-electron chi connectivity index (χ1n) is 4.22. The zero-order chi connectivity index (χ0) is 11.4. The van der Waals surface area contributed by atoms with Gasteiger partial charge in [-0.2, -0.15) is 17.7 Å². The van der Waals surface area contributed by atoms with E-state index in [1.54, 1.807) is 7.05 Å². The Morgan fingerprint density at radius 3 is 2.87 bits per heavy atom. The smallest absolute Gasteiger partial charge is 0.339 e. The van der Waals surface area contributed by atoms with Gasteiger partial charge in [0.05, 0.1) is 0 Å². The summed E-state index contributed by atoms with van der Waals surface area (Å²) in [6.45, 7) is 0.373. The van der Waals surface area contributed by atoms with Crippen LogP contribution in [0.2, 0.25) is 0 Å². The summed E-state index contributed by atoms with van der Waals surface area (Å²) < 4.78 is 1.29. The number of aryl methyl sites for hydroxylation is 1. The third kappa shape index (κ3) is 2.72. The fourth-order valence-electron chi connectivity index (χ4n) is 1.07. The molecule has 7 heteroatoms. The van der Waals surface area contributed by atoms with Crippen molar-refractivity contribution in [3.63, 3.8) is 0 Å². The fraction of sp³-hybridized carbons (Fsp3) is 0.375. The molecule has 1 rings (SSSR count). The summed E-state index contributed by atoms with van der Waals surface area (Å²) in [4.78, 5) is 22.2. The lowest BCUT2D eigenvalue weighted by Gasteiger charge is -2.00. The Bertz CT molecular complexity index is 388. The van der Waals surface area contributed by atoms with Gasteiger partial charge in [0.1, 0.15) is 5.56 Å². The molecular weight excluding hydrogens is 218 g/mol. The van der Waals surface area contributed by atoms with E-state index in [0.717, 1.165) is 0 Å².